The van der Waals surface area contributed by atoms with E-state index in [-0.39, 0.29) is 17.4 Å². The molecule has 0 aliphatic carbocycles. The Morgan fingerprint density at radius 1 is 1.28 bits per heavy atom. The molecule has 3 rings (SSSR count). The molecule has 25 heavy (non-hydrogen) atoms. The maximum Gasteiger partial charge on any atom is 0.417 e. The largest absolute Gasteiger partial charge is 0.487 e. The first-order valence-corrected chi connectivity index (χ1v) is 7.64. The normalized spacial score (nSPS) is 14.7. The predicted octanol–water partition coefficient (Wildman–Crippen LogP) is 3.01. The molecule has 1 aromatic heterocycles. The van der Waals surface area contributed by atoms with Gasteiger partial charge in [-0.1, -0.05) is 6.07 Å². The van der Waals surface area contributed by atoms with Gasteiger partial charge in [0.05, 0.1) is 23.0 Å². The van der Waals surface area contributed by atoms with E-state index in [2.05, 4.69) is 15.6 Å². The number of aromatic nitrogens is 1. The van der Waals surface area contributed by atoms with Gasteiger partial charge in [0.1, 0.15) is 11.9 Å². The third-order valence-corrected chi connectivity index (χ3v) is 3.74. The van der Waals surface area contributed by atoms with E-state index in [9.17, 15) is 18.0 Å². The number of halogens is 3. The van der Waals surface area contributed by atoms with E-state index in [1.165, 1.54) is 0 Å². The summed E-state index contributed by atoms with van der Waals surface area (Å²) in [6.45, 7) is 3.24. The minimum Gasteiger partial charge on any atom is -0.487 e. The van der Waals surface area contributed by atoms with Crippen LogP contribution in [0.25, 0.3) is 0 Å². The number of alkyl halides is 3. The molecule has 2 N–H and O–H groups in total. The molecule has 0 bridgehead atoms. The number of ether oxygens (including phenoxy) is 1. The number of benzene rings is 1. The molecule has 1 aliphatic heterocycles. The number of rotatable bonds is 4. The summed E-state index contributed by atoms with van der Waals surface area (Å²) in [4.78, 5) is 16.0. The lowest BCUT2D eigenvalue weighted by Crippen LogP contribution is -2.50. The number of pyridine rings is 1. The van der Waals surface area contributed by atoms with Crippen LogP contribution in [0, 0.1) is 6.92 Å². The van der Waals surface area contributed by atoms with Crippen LogP contribution in [0.3, 0.4) is 0 Å². The number of aryl methyl sites for hydroxylation is 1. The predicted molar refractivity (Wildman–Crippen MR) is 85.7 cm³/mol. The second kappa shape index (κ2) is 6.72. The van der Waals surface area contributed by atoms with Crippen molar-refractivity contribution in [2.45, 2.75) is 19.2 Å². The highest BCUT2D eigenvalue weighted by molar-refractivity contribution is 6.06. The Balaban J connectivity index is 1.81. The zero-order chi connectivity index (χ0) is 18.0. The average Bonchev–Trinajstić information content (AvgIpc) is 2.50. The molecule has 0 atom stereocenters. The van der Waals surface area contributed by atoms with E-state index >= 15 is 0 Å². The monoisotopic (exact) mass is 351 g/mol. The number of amides is 1. The minimum absolute atomic E-state index is 0.0245. The number of nitrogens with zero attached hydrogens (tertiary/aromatic N) is 1. The van der Waals surface area contributed by atoms with Crippen LogP contribution < -0.4 is 15.4 Å². The molecule has 0 saturated carbocycles. The van der Waals surface area contributed by atoms with Crippen LogP contribution in [0.5, 0.6) is 5.75 Å². The Morgan fingerprint density at radius 2 is 2.04 bits per heavy atom. The first-order chi connectivity index (χ1) is 11.8. The van der Waals surface area contributed by atoms with Crippen molar-refractivity contribution in [3.05, 3.63) is 53.3 Å². The highest BCUT2D eigenvalue weighted by atomic mass is 19.4. The summed E-state index contributed by atoms with van der Waals surface area (Å²) in [6, 6.07) is 5.91. The summed E-state index contributed by atoms with van der Waals surface area (Å²) >= 11 is 0. The summed E-state index contributed by atoms with van der Waals surface area (Å²) in [7, 11) is 0. The summed E-state index contributed by atoms with van der Waals surface area (Å²) in [6.07, 6.45) is -2.68. The Hall–Kier alpha value is -2.61. The Morgan fingerprint density at radius 3 is 2.68 bits per heavy atom. The van der Waals surface area contributed by atoms with Gasteiger partial charge in [0.15, 0.2) is 0 Å². The number of carbonyl (C=O) groups is 1. The quantitative estimate of drug-likeness (QED) is 0.889. The summed E-state index contributed by atoms with van der Waals surface area (Å²) in [5.41, 5.74) is 0.220. The van der Waals surface area contributed by atoms with Crippen molar-refractivity contribution >= 4 is 11.6 Å². The van der Waals surface area contributed by atoms with Crippen molar-refractivity contribution in [3.8, 4) is 5.75 Å². The van der Waals surface area contributed by atoms with Crippen LogP contribution in [0.15, 0.2) is 36.7 Å². The Labute approximate surface area is 142 Å². The van der Waals surface area contributed by atoms with Crippen molar-refractivity contribution in [2.75, 3.05) is 18.4 Å². The first-order valence-electron chi connectivity index (χ1n) is 7.64. The molecule has 8 heteroatoms. The molecular weight excluding hydrogens is 335 g/mol. The minimum atomic E-state index is -4.52. The van der Waals surface area contributed by atoms with Gasteiger partial charge < -0.3 is 15.4 Å². The molecule has 2 heterocycles. The zero-order valence-electron chi connectivity index (χ0n) is 13.4. The molecular formula is C17H16F3N3O2. The van der Waals surface area contributed by atoms with Gasteiger partial charge in [-0.3, -0.25) is 9.78 Å². The molecule has 1 saturated heterocycles. The number of anilines is 1. The lowest BCUT2D eigenvalue weighted by Gasteiger charge is -2.28. The highest BCUT2D eigenvalue weighted by Crippen LogP contribution is 2.30. The van der Waals surface area contributed by atoms with Gasteiger partial charge in [0.2, 0.25) is 0 Å². The standard InChI is InChI=1S/C17H16F3N3O2/c1-10-2-3-14(15(4-10)25-13-8-22-9-13)16(24)23-12-5-11(6-21-7-12)17(18,19)20/h2-7,13,22H,8-9H2,1H3,(H,23,24). The Kier molecular flexibility index (Phi) is 4.63. The van der Waals surface area contributed by atoms with Crippen molar-refractivity contribution < 1.29 is 22.7 Å². The van der Waals surface area contributed by atoms with E-state index < -0.39 is 17.6 Å². The molecule has 0 unspecified atom stereocenters. The third kappa shape index (κ3) is 4.08. The van der Waals surface area contributed by atoms with Crippen molar-refractivity contribution in [1.82, 2.24) is 10.3 Å². The van der Waals surface area contributed by atoms with Gasteiger partial charge in [0, 0.05) is 19.3 Å². The molecule has 132 valence electrons. The molecule has 1 aliphatic rings. The van der Waals surface area contributed by atoms with Gasteiger partial charge in [-0.15, -0.1) is 0 Å². The van der Waals surface area contributed by atoms with Crippen LogP contribution in [-0.4, -0.2) is 30.1 Å². The van der Waals surface area contributed by atoms with E-state index in [4.69, 9.17) is 4.74 Å². The van der Waals surface area contributed by atoms with E-state index in [1.807, 2.05) is 6.92 Å². The Bertz CT molecular complexity index is 789. The number of hydrogen-bond donors (Lipinski definition) is 2. The number of nitrogens with one attached hydrogen (secondary N) is 2. The molecule has 1 amide bonds. The van der Waals surface area contributed by atoms with E-state index in [1.54, 1.807) is 18.2 Å². The first kappa shape index (κ1) is 17.2. The van der Waals surface area contributed by atoms with Crippen LogP contribution in [-0.2, 0) is 6.18 Å². The molecule has 0 spiro atoms. The number of hydrogen-bond acceptors (Lipinski definition) is 4. The molecule has 1 fully saturated rings. The van der Waals surface area contributed by atoms with Crippen LogP contribution in [0.1, 0.15) is 21.5 Å². The van der Waals surface area contributed by atoms with Crippen molar-refractivity contribution in [2.24, 2.45) is 0 Å². The molecule has 5 nitrogen and oxygen atoms in total. The maximum absolute atomic E-state index is 12.7. The van der Waals surface area contributed by atoms with Crippen LogP contribution in [0.2, 0.25) is 0 Å². The fourth-order valence-electron chi connectivity index (χ4n) is 2.30. The lowest BCUT2D eigenvalue weighted by atomic mass is 10.1. The maximum atomic E-state index is 12.7. The fourth-order valence-corrected chi connectivity index (χ4v) is 2.30. The molecule has 0 radical (unpaired) electrons. The summed E-state index contributed by atoms with van der Waals surface area (Å²) < 4.78 is 44.0. The summed E-state index contributed by atoms with van der Waals surface area (Å²) in [5, 5.41) is 5.51. The second-order valence-corrected chi connectivity index (χ2v) is 5.81. The van der Waals surface area contributed by atoms with Gasteiger partial charge >= 0.3 is 6.18 Å². The lowest BCUT2D eigenvalue weighted by molar-refractivity contribution is -0.137. The smallest absolute Gasteiger partial charge is 0.417 e. The van der Waals surface area contributed by atoms with E-state index in [0.717, 1.165) is 17.8 Å². The summed E-state index contributed by atoms with van der Waals surface area (Å²) in [5.74, 6) is -0.146. The SMILES string of the molecule is Cc1ccc(C(=O)Nc2cncc(C(F)(F)F)c2)c(OC2CNC2)c1. The highest BCUT2D eigenvalue weighted by Gasteiger charge is 2.31. The van der Waals surface area contributed by atoms with Gasteiger partial charge in [-0.25, -0.2) is 0 Å². The van der Waals surface area contributed by atoms with Gasteiger partial charge in [0.25, 0.3) is 5.91 Å². The number of carbonyl (C=O) groups excluding carboxylic acids is 1. The second-order valence-electron chi connectivity index (χ2n) is 5.81. The zero-order valence-corrected chi connectivity index (χ0v) is 13.4. The third-order valence-electron chi connectivity index (χ3n) is 3.74. The van der Waals surface area contributed by atoms with Crippen molar-refractivity contribution in [3.63, 3.8) is 0 Å². The topological polar surface area (TPSA) is 63.2 Å². The van der Waals surface area contributed by atoms with Crippen molar-refractivity contribution in [1.29, 1.82) is 0 Å². The molecule has 1 aromatic carbocycles. The van der Waals surface area contributed by atoms with E-state index in [0.29, 0.717) is 25.0 Å². The van der Waals surface area contributed by atoms with Crippen LogP contribution in [0.4, 0.5) is 18.9 Å². The fraction of sp³-hybridized carbons (Fsp3) is 0.294. The van der Waals surface area contributed by atoms with Crippen LogP contribution >= 0.6 is 0 Å². The van der Waals surface area contributed by atoms with Gasteiger partial charge in [-0.2, -0.15) is 13.2 Å². The van der Waals surface area contributed by atoms with Gasteiger partial charge in [-0.05, 0) is 30.7 Å². The molecule has 2 aromatic rings. The average molecular weight is 351 g/mol.